The van der Waals surface area contributed by atoms with Crippen molar-refractivity contribution in [2.45, 2.75) is 32.7 Å². The van der Waals surface area contributed by atoms with Gasteiger partial charge in [0.2, 0.25) is 0 Å². The Bertz CT molecular complexity index is 328. The molecule has 6 heteroatoms. The van der Waals surface area contributed by atoms with Crippen LogP contribution in [0.4, 0.5) is 0 Å². The lowest BCUT2D eigenvalue weighted by molar-refractivity contribution is 0.0690. The maximum absolute atomic E-state index is 10.5. The highest BCUT2D eigenvalue weighted by atomic mass is 32.2. The van der Waals surface area contributed by atoms with Gasteiger partial charge in [0, 0.05) is 5.75 Å². The fraction of sp³-hybridized carbons (Fsp3) is 0.700. The lowest BCUT2D eigenvalue weighted by Gasteiger charge is -2.00. The molecule has 16 heavy (non-hydrogen) atoms. The van der Waals surface area contributed by atoms with Crippen molar-refractivity contribution in [2.24, 2.45) is 0 Å². The Balaban J connectivity index is 2.14. The number of carboxylic acids is 1. The van der Waals surface area contributed by atoms with Gasteiger partial charge in [-0.3, -0.25) is 4.68 Å². The first-order valence-electron chi connectivity index (χ1n) is 5.45. The summed E-state index contributed by atoms with van der Waals surface area (Å²) >= 11 is 1.87. The summed E-state index contributed by atoms with van der Waals surface area (Å²) in [7, 11) is 0. The number of hydrogen-bond acceptors (Lipinski definition) is 4. The van der Waals surface area contributed by atoms with Crippen molar-refractivity contribution in [3.8, 4) is 0 Å². The second kappa shape index (κ2) is 7.27. The van der Waals surface area contributed by atoms with E-state index in [1.807, 2.05) is 11.8 Å². The van der Waals surface area contributed by atoms with Gasteiger partial charge in [0.25, 0.3) is 0 Å². The van der Waals surface area contributed by atoms with Gasteiger partial charge in [0.1, 0.15) is 0 Å². The fourth-order valence-electron chi connectivity index (χ4n) is 1.22. The molecule has 5 nitrogen and oxygen atoms in total. The van der Waals surface area contributed by atoms with Crippen molar-refractivity contribution < 1.29 is 9.90 Å². The van der Waals surface area contributed by atoms with Crippen LogP contribution in [0, 0.1) is 0 Å². The van der Waals surface area contributed by atoms with Crippen molar-refractivity contribution in [3.63, 3.8) is 0 Å². The van der Waals surface area contributed by atoms with Gasteiger partial charge in [-0.25, -0.2) is 4.79 Å². The fourth-order valence-corrected chi connectivity index (χ4v) is 2.15. The summed E-state index contributed by atoms with van der Waals surface area (Å²) in [6.07, 6.45) is 5.24. The van der Waals surface area contributed by atoms with Crippen molar-refractivity contribution in [3.05, 3.63) is 11.9 Å². The van der Waals surface area contributed by atoms with Crippen molar-refractivity contribution in [2.75, 3.05) is 11.5 Å². The third kappa shape index (κ3) is 4.65. The average molecular weight is 243 g/mol. The van der Waals surface area contributed by atoms with Gasteiger partial charge < -0.3 is 5.11 Å². The van der Waals surface area contributed by atoms with Crippen LogP contribution in [0.25, 0.3) is 0 Å². The molecule has 90 valence electrons. The molecule has 0 saturated heterocycles. The highest BCUT2D eigenvalue weighted by molar-refractivity contribution is 7.99. The Morgan fingerprint density at radius 1 is 1.50 bits per heavy atom. The molecule has 0 aromatic carbocycles. The van der Waals surface area contributed by atoms with Crippen molar-refractivity contribution in [1.29, 1.82) is 0 Å². The molecule has 0 aliphatic heterocycles. The Morgan fingerprint density at radius 2 is 2.31 bits per heavy atom. The minimum absolute atomic E-state index is 0.0102. The van der Waals surface area contributed by atoms with Crippen molar-refractivity contribution in [1.82, 2.24) is 15.0 Å². The Morgan fingerprint density at radius 3 is 2.94 bits per heavy atom. The molecule has 0 spiro atoms. The first-order valence-corrected chi connectivity index (χ1v) is 6.60. The minimum atomic E-state index is -1.03. The van der Waals surface area contributed by atoms with Crippen LogP contribution in [-0.4, -0.2) is 37.6 Å². The highest BCUT2D eigenvalue weighted by Gasteiger charge is 2.07. The number of rotatable bonds is 8. The number of carbonyl (C=O) groups is 1. The zero-order valence-electron chi connectivity index (χ0n) is 9.43. The van der Waals surface area contributed by atoms with Gasteiger partial charge in [-0.2, -0.15) is 11.8 Å². The summed E-state index contributed by atoms with van der Waals surface area (Å²) in [5, 5.41) is 15.9. The predicted octanol–water partition coefficient (Wildman–Crippen LogP) is 1.90. The maximum Gasteiger partial charge on any atom is 0.358 e. The van der Waals surface area contributed by atoms with Crippen LogP contribution in [0.3, 0.4) is 0 Å². The standard InChI is InChI=1S/C10H17N3O2S/c1-2-3-4-6-16-7-5-13-8-9(10(14)15)11-12-13/h8H,2-7H2,1H3,(H,14,15). The van der Waals surface area contributed by atoms with E-state index in [1.54, 1.807) is 4.68 Å². The Labute approximate surface area is 99.2 Å². The first-order chi connectivity index (χ1) is 7.74. The molecule has 0 radical (unpaired) electrons. The average Bonchev–Trinajstić information content (AvgIpc) is 2.72. The lowest BCUT2D eigenvalue weighted by atomic mass is 10.3. The van der Waals surface area contributed by atoms with Crippen LogP contribution in [-0.2, 0) is 6.54 Å². The Hall–Kier alpha value is -1.04. The van der Waals surface area contributed by atoms with Crippen molar-refractivity contribution >= 4 is 17.7 Å². The molecule has 0 saturated carbocycles. The van der Waals surface area contributed by atoms with Crippen LogP contribution in [0.15, 0.2) is 6.20 Å². The largest absolute Gasteiger partial charge is 0.476 e. The van der Waals surface area contributed by atoms with Gasteiger partial charge in [-0.15, -0.1) is 5.10 Å². The summed E-state index contributed by atoms with van der Waals surface area (Å²) in [5.41, 5.74) is 0.0102. The molecule has 0 aliphatic rings. The number of nitrogens with zero attached hydrogens (tertiary/aromatic N) is 3. The minimum Gasteiger partial charge on any atom is -0.476 e. The van der Waals surface area contributed by atoms with Gasteiger partial charge >= 0.3 is 5.97 Å². The topological polar surface area (TPSA) is 68.0 Å². The molecule has 0 bridgehead atoms. The summed E-state index contributed by atoms with van der Waals surface area (Å²) in [6, 6.07) is 0. The number of aryl methyl sites for hydroxylation is 1. The monoisotopic (exact) mass is 243 g/mol. The molecule has 0 amide bonds. The first kappa shape index (κ1) is 13.0. The second-order valence-electron chi connectivity index (χ2n) is 3.49. The van der Waals surface area contributed by atoms with E-state index in [0.29, 0.717) is 0 Å². The third-order valence-corrected chi connectivity index (χ3v) is 3.16. The predicted molar refractivity (Wildman–Crippen MR) is 63.8 cm³/mol. The van der Waals surface area contributed by atoms with E-state index < -0.39 is 5.97 Å². The van der Waals surface area contributed by atoms with E-state index in [1.165, 1.54) is 25.5 Å². The maximum atomic E-state index is 10.5. The summed E-state index contributed by atoms with van der Waals surface area (Å²) < 4.78 is 1.58. The lowest BCUT2D eigenvalue weighted by Crippen LogP contribution is -2.01. The number of aromatic nitrogens is 3. The Kier molecular flexibility index (Phi) is 5.92. The zero-order chi connectivity index (χ0) is 11.8. The molecular formula is C10H17N3O2S. The molecule has 1 N–H and O–H groups in total. The highest BCUT2D eigenvalue weighted by Crippen LogP contribution is 2.06. The number of hydrogen-bond donors (Lipinski definition) is 1. The van der Waals surface area contributed by atoms with E-state index in [4.69, 9.17) is 5.11 Å². The molecule has 0 fully saturated rings. The van der Waals surface area contributed by atoms with Gasteiger partial charge in [0.05, 0.1) is 12.7 Å². The molecular weight excluding hydrogens is 226 g/mol. The molecule has 1 aromatic rings. The normalized spacial score (nSPS) is 10.6. The van der Waals surface area contributed by atoms with Gasteiger partial charge in [-0.1, -0.05) is 25.0 Å². The van der Waals surface area contributed by atoms with E-state index >= 15 is 0 Å². The third-order valence-electron chi connectivity index (χ3n) is 2.11. The number of aromatic carboxylic acids is 1. The van der Waals surface area contributed by atoms with Crippen LogP contribution >= 0.6 is 11.8 Å². The summed E-state index contributed by atoms with van der Waals surface area (Å²) in [4.78, 5) is 10.5. The molecule has 0 aliphatic carbocycles. The van der Waals surface area contributed by atoms with Crippen LogP contribution in [0.1, 0.15) is 36.7 Å². The van der Waals surface area contributed by atoms with Crippen LogP contribution in [0.2, 0.25) is 0 Å². The van der Waals surface area contributed by atoms with E-state index in [9.17, 15) is 4.79 Å². The molecule has 0 atom stereocenters. The zero-order valence-corrected chi connectivity index (χ0v) is 10.2. The smallest absolute Gasteiger partial charge is 0.358 e. The van der Waals surface area contributed by atoms with Crippen LogP contribution in [0.5, 0.6) is 0 Å². The SMILES string of the molecule is CCCCCSCCn1cc(C(=O)O)nn1. The summed E-state index contributed by atoms with van der Waals surface area (Å²) in [5.74, 6) is 1.09. The summed E-state index contributed by atoms with van der Waals surface area (Å²) in [6.45, 7) is 2.91. The number of carboxylic acid groups (broad SMARTS) is 1. The van der Waals surface area contributed by atoms with E-state index in [0.717, 1.165) is 18.1 Å². The molecule has 1 heterocycles. The molecule has 0 unspecified atom stereocenters. The second-order valence-corrected chi connectivity index (χ2v) is 4.72. The van der Waals surface area contributed by atoms with E-state index in [2.05, 4.69) is 17.2 Å². The molecule has 1 rings (SSSR count). The van der Waals surface area contributed by atoms with Gasteiger partial charge in [-0.05, 0) is 12.2 Å². The quantitative estimate of drug-likeness (QED) is 0.706. The van der Waals surface area contributed by atoms with Gasteiger partial charge in [0.15, 0.2) is 5.69 Å². The van der Waals surface area contributed by atoms with E-state index in [-0.39, 0.29) is 5.69 Å². The number of unbranched alkanes of at least 4 members (excludes halogenated alkanes) is 2. The van der Waals surface area contributed by atoms with Crippen LogP contribution < -0.4 is 0 Å². The molecule has 1 aromatic heterocycles. The number of thioether (sulfide) groups is 1.